The highest BCUT2D eigenvalue weighted by atomic mass is 32.2. The van der Waals surface area contributed by atoms with Gasteiger partial charge in [-0.2, -0.15) is 5.26 Å². The maximum absolute atomic E-state index is 13.4. The molecule has 1 unspecified atom stereocenters. The summed E-state index contributed by atoms with van der Waals surface area (Å²) in [4.78, 5) is 19.4. The number of nitriles is 1. The Balaban J connectivity index is 1.67. The third kappa shape index (κ3) is 3.92. The zero-order chi connectivity index (χ0) is 25.7. The first-order valence-electron chi connectivity index (χ1n) is 11.7. The van der Waals surface area contributed by atoms with E-state index in [2.05, 4.69) is 6.07 Å². The van der Waals surface area contributed by atoms with Gasteiger partial charge in [0, 0.05) is 10.3 Å². The summed E-state index contributed by atoms with van der Waals surface area (Å²) in [6, 6.07) is 25.5. The number of rotatable bonds is 3. The lowest BCUT2D eigenvalue weighted by Gasteiger charge is -2.27. The Kier molecular flexibility index (Phi) is 5.47. The van der Waals surface area contributed by atoms with Gasteiger partial charge in [0.2, 0.25) is 5.88 Å². The van der Waals surface area contributed by atoms with Gasteiger partial charge in [0.1, 0.15) is 22.3 Å². The van der Waals surface area contributed by atoms with Gasteiger partial charge >= 0.3 is 5.63 Å². The molecule has 7 heteroatoms. The number of aryl methyl sites for hydroxylation is 2. The van der Waals surface area contributed by atoms with E-state index in [0.29, 0.717) is 27.3 Å². The molecule has 2 aromatic heterocycles. The number of nitrogens with zero attached hydrogens (tertiary/aromatic N) is 2. The van der Waals surface area contributed by atoms with E-state index in [-0.39, 0.29) is 17.0 Å². The van der Waals surface area contributed by atoms with Gasteiger partial charge in [-0.15, -0.1) is 0 Å². The molecule has 0 fully saturated rings. The second kappa shape index (κ2) is 8.84. The van der Waals surface area contributed by atoms with Crippen LogP contribution in [0.2, 0.25) is 0 Å². The molecule has 1 aliphatic heterocycles. The summed E-state index contributed by atoms with van der Waals surface area (Å²) < 4.78 is 11.6. The number of para-hydroxylation sites is 1. The molecule has 0 saturated heterocycles. The summed E-state index contributed by atoms with van der Waals surface area (Å²) in [6.45, 7) is 4.04. The predicted octanol–water partition coefficient (Wildman–Crippen LogP) is 6.33. The van der Waals surface area contributed by atoms with E-state index in [4.69, 9.17) is 19.9 Å². The molecule has 0 amide bonds. The molecule has 1 atom stereocenters. The molecule has 0 bridgehead atoms. The lowest BCUT2D eigenvalue weighted by Crippen LogP contribution is -2.26. The highest BCUT2D eigenvalue weighted by Gasteiger charge is 2.37. The van der Waals surface area contributed by atoms with Crippen LogP contribution in [0.5, 0.6) is 5.75 Å². The normalized spacial score (nSPS) is 14.9. The fraction of sp³-hybridized carbons (Fsp3) is 0.100. The first-order valence-corrected chi connectivity index (χ1v) is 12.5. The Morgan fingerprint density at radius 2 is 1.76 bits per heavy atom. The fourth-order valence-corrected chi connectivity index (χ4v) is 5.61. The Hall–Kier alpha value is -4.54. The number of hydrogen-bond acceptors (Lipinski definition) is 7. The van der Waals surface area contributed by atoms with Crippen molar-refractivity contribution in [3.05, 3.63) is 117 Å². The van der Waals surface area contributed by atoms with Gasteiger partial charge < -0.3 is 14.9 Å². The average molecular weight is 504 g/mol. The number of pyridine rings is 1. The van der Waals surface area contributed by atoms with Gasteiger partial charge in [0.15, 0.2) is 5.75 Å². The second-order valence-electron chi connectivity index (χ2n) is 9.05. The fourth-order valence-electron chi connectivity index (χ4n) is 4.68. The Morgan fingerprint density at radius 1 is 1.00 bits per heavy atom. The minimum atomic E-state index is -0.806. The van der Waals surface area contributed by atoms with Crippen LogP contribution < -0.4 is 16.1 Å². The van der Waals surface area contributed by atoms with E-state index >= 15 is 0 Å². The van der Waals surface area contributed by atoms with Crippen LogP contribution in [0.3, 0.4) is 0 Å². The van der Waals surface area contributed by atoms with Crippen LogP contribution in [0.25, 0.3) is 21.9 Å². The summed E-state index contributed by atoms with van der Waals surface area (Å²) >= 11 is 1.48. The molecule has 3 heterocycles. The Labute approximate surface area is 217 Å². The van der Waals surface area contributed by atoms with E-state index in [1.54, 1.807) is 12.1 Å². The third-order valence-electron chi connectivity index (χ3n) is 6.48. The van der Waals surface area contributed by atoms with Gasteiger partial charge in [0.05, 0.1) is 22.4 Å². The van der Waals surface area contributed by atoms with Crippen molar-refractivity contribution in [2.45, 2.75) is 29.7 Å². The first-order chi connectivity index (χ1) is 17.9. The summed E-state index contributed by atoms with van der Waals surface area (Å²) in [7, 11) is 0. The van der Waals surface area contributed by atoms with Crippen LogP contribution >= 0.6 is 11.8 Å². The largest absolute Gasteiger partial charge is 0.439 e. The van der Waals surface area contributed by atoms with Crippen molar-refractivity contribution >= 4 is 33.6 Å². The van der Waals surface area contributed by atoms with Gasteiger partial charge in [-0.05, 0) is 61.9 Å². The zero-order valence-electron chi connectivity index (χ0n) is 20.1. The van der Waals surface area contributed by atoms with Gasteiger partial charge in [-0.1, -0.05) is 53.2 Å². The van der Waals surface area contributed by atoms with Gasteiger partial charge in [-0.3, -0.25) is 0 Å². The molecule has 6 nitrogen and oxygen atoms in total. The van der Waals surface area contributed by atoms with Crippen molar-refractivity contribution in [3.8, 4) is 11.8 Å². The van der Waals surface area contributed by atoms with E-state index < -0.39 is 11.5 Å². The molecular weight excluding hydrogens is 482 g/mol. The van der Waals surface area contributed by atoms with Crippen LogP contribution in [0.1, 0.15) is 28.2 Å². The van der Waals surface area contributed by atoms with Crippen LogP contribution in [0.4, 0.5) is 0 Å². The standard InChI is InChI=1S/C30H21N3O3S/c1-16-7-10-19(11-8-16)37-29-21(14-18-13-17(2)9-12-23(18)33-29)25-22(15-31)28(32)36-27-20-5-3-4-6-24(20)35-30(34)26(25)27/h3-14,25H,32H2,1-2H3. The second-order valence-corrected chi connectivity index (χ2v) is 10.1. The molecule has 1 aliphatic rings. The smallest absolute Gasteiger partial charge is 0.344 e. The summed E-state index contributed by atoms with van der Waals surface area (Å²) in [5, 5.41) is 12.3. The molecule has 0 radical (unpaired) electrons. The quantitative estimate of drug-likeness (QED) is 0.287. The maximum atomic E-state index is 13.4. The molecular formula is C30H21N3O3S. The summed E-state index contributed by atoms with van der Waals surface area (Å²) in [5.41, 5.74) is 10.2. The molecule has 3 aromatic carbocycles. The van der Waals surface area contributed by atoms with Crippen molar-refractivity contribution in [3.63, 3.8) is 0 Å². The number of nitrogens with two attached hydrogens (primary N) is 1. The minimum absolute atomic E-state index is 0.0358. The molecule has 2 N–H and O–H groups in total. The van der Waals surface area contributed by atoms with E-state index in [9.17, 15) is 10.1 Å². The van der Waals surface area contributed by atoms with Crippen LogP contribution in [0, 0.1) is 25.2 Å². The van der Waals surface area contributed by atoms with E-state index in [0.717, 1.165) is 26.9 Å². The third-order valence-corrected chi connectivity index (χ3v) is 7.51. The molecule has 6 rings (SSSR count). The highest BCUT2D eigenvalue weighted by molar-refractivity contribution is 7.99. The summed E-state index contributed by atoms with van der Waals surface area (Å²) in [6.07, 6.45) is 0. The molecule has 0 aliphatic carbocycles. The van der Waals surface area contributed by atoms with Crippen molar-refractivity contribution in [2.24, 2.45) is 5.73 Å². The maximum Gasteiger partial charge on any atom is 0.344 e. The monoisotopic (exact) mass is 503 g/mol. The lowest BCUT2D eigenvalue weighted by atomic mass is 9.84. The lowest BCUT2D eigenvalue weighted by molar-refractivity contribution is 0.387. The number of fused-ring (bicyclic) bond motifs is 4. The molecule has 180 valence electrons. The van der Waals surface area contributed by atoms with Crippen LogP contribution in [-0.2, 0) is 0 Å². The van der Waals surface area contributed by atoms with Gasteiger partial charge in [0.25, 0.3) is 0 Å². The molecule has 37 heavy (non-hydrogen) atoms. The van der Waals surface area contributed by atoms with Crippen molar-refractivity contribution in [1.29, 1.82) is 5.26 Å². The Bertz CT molecular complexity index is 1850. The summed E-state index contributed by atoms with van der Waals surface area (Å²) in [5.74, 6) is -0.532. The van der Waals surface area contributed by atoms with Crippen molar-refractivity contribution in [2.75, 3.05) is 0 Å². The number of aromatic nitrogens is 1. The molecule has 5 aromatic rings. The Morgan fingerprint density at radius 3 is 2.54 bits per heavy atom. The average Bonchev–Trinajstić information content (AvgIpc) is 2.89. The first kappa shape index (κ1) is 22.9. The number of hydrogen-bond donors (Lipinski definition) is 1. The van der Waals surface area contributed by atoms with E-state index in [1.807, 2.05) is 74.5 Å². The minimum Gasteiger partial charge on any atom is -0.439 e. The molecule has 0 saturated carbocycles. The van der Waals surface area contributed by atoms with Crippen molar-refractivity contribution < 1.29 is 9.15 Å². The SMILES string of the molecule is Cc1ccc(Sc2nc3ccc(C)cc3cc2C2C(C#N)=C(N)Oc3c2c(=O)oc2ccccc32)cc1. The van der Waals surface area contributed by atoms with Crippen LogP contribution in [-0.4, -0.2) is 4.98 Å². The molecule has 0 spiro atoms. The topological polar surface area (TPSA) is 102 Å². The highest BCUT2D eigenvalue weighted by Crippen LogP contribution is 2.47. The number of benzene rings is 3. The van der Waals surface area contributed by atoms with E-state index in [1.165, 1.54) is 11.8 Å². The zero-order valence-corrected chi connectivity index (χ0v) is 20.9. The van der Waals surface area contributed by atoms with Crippen molar-refractivity contribution in [1.82, 2.24) is 4.98 Å². The van der Waals surface area contributed by atoms with Crippen LogP contribution in [0.15, 0.2) is 103 Å². The number of allylic oxidation sites excluding steroid dienone is 1. The van der Waals surface area contributed by atoms with Gasteiger partial charge in [-0.25, -0.2) is 9.78 Å². The predicted molar refractivity (Wildman–Crippen MR) is 144 cm³/mol. The number of ether oxygens (including phenoxy) is 1.